The minimum absolute atomic E-state index is 0. The summed E-state index contributed by atoms with van der Waals surface area (Å²) >= 11 is 0. The Morgan fingerprint density at radius 1 is 1.11 bits per heavy atom. The van der Waals surface area contributed by atoms with Gasteiger partial charge in [0.05, 0.1) is 0 Å². The molecule has 0 aromatic heterocycles. The molecule has 0 aromatic rings. The van der Waals surface area contributed by atoms with E-state index in [4.69, 9.17) is 6.42 Å². The Kier molecular flexibility index (Phi) is 5.69. The van der Waals surface area contributed by atoms with E-state index >= 15 is 0 Å². The minimum atomic E-state index is 0. The van der Waals surface area contributed by atoms with Crippen molar-refractivity contribution in [2.45, 2.75) is 32.1 Å². The summed E-state index contributed by atoms with van der Waals surface area (Å²) in [7, 11) is 0. The zero-order valence-corrected chi connectivity index (χ0v) is 8.11. The van der Waals surface area contributed by atoms with Crippen molar-refractivity contribution in [3.8, 4) is 5.92 Å². The summed E-state index contributed by atoms with van der Waals surface area (Å²) in [5.41, 5.74) is 0. The van der Waals surface area contributed by atoms with Gasteiger partial charge in [-0.2, -0.15) is 0 Å². The molecule has 0 unspecified atom stereocenters. The van der Waals surface area contributed by atoms with Crippen LogP contribution in [0, 0.1) is 18.3 Å². The molecule has 9 heavy (non-hydrogen) atoms. The van der Waals surface area contributed by atoms with E-state index in [2.05, 4.69) is 5.92 Å². The van der Waals surface area contributed by atoms with Gasteiger partial charge in [0.25, 0.3) is 0 Å². The third-order valence-electron chi connectivity index (χ3n) is 1.81. The quantitative estimate of drug-likeness (QED) is 0.228. The van der Waals surface area contributed by atoms with E-state index in [1.165, 1.54) is 32.1 Å². The molecule has 1 aliphatic rings. The van der Waals surface area contributed by atoms with Crippen LogP contribution in [0.3, 0.4) is 0 Å². The van der Waals surface area contributed by atoms with E-state index < -0.39 is 0 Å². The van der Waals surface area contributed by atoms with Crippen LogP contribution in [-0.4, -0.2) is 0 Å². The van der Waals surface area contributed by atoms with Gasteiger partial charge in [0.2, 0.25) is 0 Å². The van der Waals surface area contributed by atoms with E-state index in [1.54, 1.807) is 0 Å². The Labute approximate surface area is 79.7 Å². The first-order valence-corrected chi connectivity index (χ1v) is 3.36. The van der Waals surface area contributed by atoms with Gasteiger partial charge in [-0.15, -0.1) is 0 Å². The molecule has 0 radical (unpaired) electrons. The van der Waals surface area contributed by atoms with E-state index in [-0.39, 0.29) is 29.6 Å². The largest absolute Gasteiger partial charge is 1.00 e. The fourth-order valence-corrected chi connectivity index (χ4v) is 1.25. The molecule has 0 saturated heterocycles. The summed E-state index contributed by atoms with van der Waals surface area (Å²) in [5, 5.41) is 0. The van der Waals surface area contributed by atoms with Crippen LogP contribution < -0.4 is 29.6 Å². The molecule has 0 spiro atoms. The molecule has 0 amide bonds. The van der Waals surface area contributed by atoms with Crippen LogP contribution in [0.4, 0.5) is 0 Å². The number of hydrogen-bond acceptors (Lipinski definition) is 0. The van der Waals surface area contributed by atoms with Crippen LogP contribution in [0.5, 0.6) is 0 Å². The predicted molar refractivity (Wildman–Crippen MR) is 33.7 cm³/mol. The van der Waals surface area contributed by atoms with Crippen molar-refractivity contribution < 1.29 is 29.6 Å². The topological polar surface area (TPSA) is 0 Å². The SMILES string of the molecule is [C-]#CC1CCCCC1.[Na+]. The molecule has 0 aliphatic heterocycles. The Balaban J connectivity index is 0.000000640. The molecule has 0 N–H and O–H groups in total. The molecule has 44 valence electrons. The van der Waals surface area contributed by atoms with Crippen LogP contribution in [0.2, 0.25) is 0 Å². The normalized spacial score (nSPS) is 19.9. The first kappa shape index (κ1) is 9.56. The van der Waals surface area contributed by atoms with Crippen molar-refractivity contribution in [3.63, 3.8) is 0 Å². The number of hydrogen-bond donors (Lipinski definition) is 0. The van der Waals surface area contributed by atoms with Crippen LogP contribution in [0.25, 0.3) is 0 Å². The summed E-state index contributed by atoms with van der Waals surface area (Å²) in [5.74, 6) is 3.06. The summed E-state index contributed by atoms with van der Waals surface area (Å²) in [6, 6.07) is 0. The second kappa shape index (κ2) is 5.35. The van der Waals surface area contributed by atoms with Gasteiger partial charge in [0.1, 0.15) is 0 Å². The van der Waals surface area contributed by atoms with Crippen molar-refractivity contribution >= 4 is 0 Å². The molecular weight excluding hydrogens is 119 g/mol. The van der Waals surface area contributed by atoms with Crippen molar-refractivity contribution in [2.75, 3.05) is 0 Å². The molecule has 1 rings (SSSR count). The Morgan fingerprint density at radius 3 is 2.00 bits per heavy atom. The van der Waals surface area contributed by atoms with Crippen molar-refractivity contribution in [2.24, 2.45) is 5.92 Å². The average molecular weight is 130 g/mol. The molecule has 1 saturated carbocycles. The standard InChI is InChI=1S/C8H11.Na/c1-2-8-6-4-3-5-7-8;/h8H,3-7H2;/q-1;+1. The molecule has 1 heteroatoms. The Bertz CT molecular complexity index is 95.6. The van der Waals surface area contributed by atoms with Crippen molar-refractivity contribution in [1.82, 2.24) is 0 Å². The summed E-state index contributed by atoms with van der Waals surface area (Å²) in [6.07, 6.45) is 13.3. The van der Waals surface area contributed by atoms with Gasteiger partial charge >= 0.3 is 29.6 Å². The third kappa shape index (κ3) is 3.30. The molecule has 0 bridgehead atoms. The van der Waals surface area contributed by atoms with Gasteiger partial charge < -0.3 is 12.3 Å². The van der Waals surface area contributed by atoms with Crippen LogP contribution in [0.1, 0.15) is 32.1 Å². The Hall–Kier alpha value is 0.560. The molecule has 0 heterocycles. The first-order chi connectivity index (χ1) is 3.93. The third-order valence-corrected chi connectivity index (χ3v) is 1.81. The molecular formula is C8H11Na. The van der Waals surface area contributed by atoms with Crippen molar-refractivity contribution in [3.05, 3.63) is 6.42 Å². The zero-order chi connectivity index (χ0) is 5.82. The average Bonchev–Trinajstić information content (AvgIpc) is 1.90. The van der Waals surface area contributed by atoms with E-state index in [0.29, 0.717) is 5.92 Å². The summed E-state index contributed by atoms with van der Waals surface area (Å²) in [6.45, 7) is 0. The minimum Gasteiger partial charge on any atom is -0.693 e. The fraction of sp³-hybridized carbons (Fsp3) is 0.750. The second-order valence-electron chi connectivity index (χ2n) is 2.48. The molecule has 0 aromatic carbocycles. The fourth-order valence-electron chi connectivity index (χ4n) is 1.25. The van der Waals surface area contributed by atoms with E-state index in [9.17, 15) is 0 Å². The summed E-state index contributed by atoms with van der Waals surface area (Å²) in [4.78, 5) is 0. The maximum Gasteiger partial charge on any atom is 1.00 e. The maximum absolute atomic E-state index is 6.85. The van der Waals surface area contributed by atoms with Gasteiger partial charge in [-0.3, -0.25) is 0 Å². The second-order valence-corrected chi connectivity index (χ2v) is 2.48. The first-order valence-electron chi connectivity index (χ1n) is 3.36. The van der Waals surface area contributed by atoms with E-state index in [0.717, 1.165) is 0 Å². The number of rotatable bonds is 0. The predicted octanol–water partition coefficient (Wildman–Crippen LogP) is -0.840. The maximum atomic E-state index is 6.85. The van der Waals surface area contributed by atoms with Gasteiger partial charge in [0.15, 0.2) is 0 Å². The van der Waals surface area contributed by atoms with Crippen LogP contribution in [0.15, 0.2) is 0 Å². The van der Waals surface area contributed by atoms with Gasteiger partial charge in [-0.05, 0) is 18.8 Å². The van der Waals surface area contributed by atoms with Gasteiger partial charge in [-0.25, -0.2) is 0 Å². The van der Waals surface area contributed by atoms with Gasteiger partial charge in [-0.1, -0.05) is 19.3 Å². The van der Waals surface area contributed by atoms with Gasteiger partial charge in [0, 0.05) is 0 Å². The zero-order valence-electron chi connectivity index (χ0n) is 6.11. The molecule has 0 atom stereocenters. The monoisotopic (exact) mass is 130 g/mol. The molecule has 1 fully saturated rings. The summed E-state index contributed by atoms with van der Waals surface area (Å²) < 4.78 is 0. The smallest absolute Gasteiger partial charge is 0.693 e. The molecule has 1 aliphatic carbocycles. The molecule has 0 nitrogen and oxygen atoms in total. The van der Waals surface area contributed by atoms with E-state index in [1.807, 2.05) is 0 Å². The Morgan fingerprint density at radius 2 is 1.67 bits per heavy atom. The van der Waals surface area contributed by atoms with Crippen LogP contribution in [-0.2, 0) is 0 Å². The van der Waals surface area contributed by atoms with Crippen LogP contribution >= 0.6 is 0 Å². The van der Waals surface area contributed by atoms with Crippen molar-refractivity contribution in [1.29, 1.82) is 0 Å².